The number of ether oxygens (including phenoxy) is 3. The summed E-state index contributed by atoms with van der Waals surface area (Å²) in [5.74, 6) is -0.00758. The van der Waals surface area contributed by atoms with Crippen LogP contribution >= 0.6 is 11.3 Å². The number of hydrogen-bond acceptors (Lipinski definition) is 9. The van der Waals surface area contributed by atoms with Gasteiger partial charge in [0.15, 0.2) is 10.5 Å². The molecule has 0 radical (unpaired) electrons. The molecule has 0 saturated carbocycles. The summed E-state index contributed by atoms with van der Waals surface area (Å²) in [6.07, 6.45) is 2.76. The second kappa shape index (κ2) is 10.9. The Bertz CT molecular complexity index is 1130. The van der Waals surface area contributed by atoms with E-state index in [4.69, 9.17) is 14.2 Å². The number of amides is 1. The number of carbonyl (C=O) groups is 1. The van der Waals surface area contributed by atoms with Gasteiger partial charge in [-0.25, -0.2) is 13.4 Å². The largest absolute Gasteiger partial charge is 0.491 e. The van der Waals surface area contributed by atoms with Crippen molar-refractivity contribution in [3.8, 4) is 0 Å². The van der Waals surface area contributed by atoms with Crippen LogP contribution in [0.15, 0.2) is 47.2 Å². The Hall–Kier alpha value is -2.35. The summed E-state index contributed by atoms with van der Waals surface area (Å²) in [6.45, 7) is 2.34. The van der Waals surface area contributed by atoms with Crippen LogP contribution in [0.1, 0.15) is 17.4 Å². The van der Waals surface area contributed by atoms with E-state index in [9.17, 15) is 18.3 Å². The number of hydrogen-bond donors (Lipinski definition) is 2. The molecule has 1 amide bonds. The van der Waals surface area contributed by atoms with E-state index in [1.807, 2.05) is 0 Å². The number of benzene rings is 1. The van der Waals surface area contributed by atoms with Crippen LogP contribution < -0.4 is 5.32 Å². The second-order valence-electron chi connectivity index (χ2n) is 7.79. The number of anilines is 1. The lowest BCUT2D eigenvalue weighted by molar-refractivity contribution is -0.118. The molecule has 0 fully saturated rings. The van der Waals surface area contributed by atoms with Crippen molar-refractivity contribution in [1.29, 1.82) is 0 Å². The molecule has 1 aliphatic carbocycles. The smallest absolute Gasteiger partial charge is 0.248 e. The number of carbonyl (C=O) groups excluding carboxylic acids is 1. The van der Waals surface area contributed by atoms with E-state index in [1.165, 1.54) is 41.9 Å². The number of aliphatic hydroxyl groups is 1. The van der Waals surface area contributed by atoms with Crippen LogP contribution in [0.5, 0.6) is 0 Å². The third-order valence-electron chi connectivity index (χ3n) is 5.29. The highest BCUT2D eigenvalue weighted by molar-refractivity contribution is 7.89. The van der Waals surface area contributed by atoms with Crippen LogP contribution in [0.2, 0.25) is 0 Å². The molecule has 186 valence electrons. The number of sulfonamides is 1. The van der Waals surface area contributed by atoms with Gasteiger partial charge in [0.05, 0.1) is 29.6 Å². The zero-order valence-corrected chi connectivity index (χ0v) is 21.1. The van der Waals surface area contributed by atoms with Gasteiger partial charge < -0.3 is 24.6 Å². The summed E-state index contributed by atoms with van der Waals surface area (Å²) in [5.41, 5.74) is -0.682. The van der Waals surface area contributed by atoms with E-state index >= 15 is 0 Å². The van der Waals surface area contributed by atoms with Crippen molar-refractivity contribution in [3.63, 3.8) is 0 Å². The van der Waals surface area contributed by atoms with Crippen LogP contribution in [0.4, 0.5) is 5.13 Å². The highest BCUT2D eigenvalue weighted by Crippen LogP contribution is 2.49. The van der Waals surface area contributed by atoms with Gasteiger partial charge in [0.1, 0.15) is 11.9 Å². The second-order valence-corrected chi connectivity index (χ2v) is 11.0. The van der Waals surface area contributed by atoms with Crippen LogP contribution in [0.25, 0.3) is 0 Å². The van der Waals surface area contributed by atoms with E-state index in [-0.39, 0.29) is 24.7 Å². The maximum absolute atomic E-state index is 13.3. The minimum Gasteiger partial charge on any atom is -0.491 e. The topological polar surface area (TPSA) is 127 Å². The van der Waals surface area contributed by atoms with Crippen molar-refractivity contribution in [1.82, 2.24) is 9.29 Å². The standard InChI is InChI=1S/C22H29N3O7S2/c1-15(13-26)32-19-11-22(19,20(27)24-21-23-12-17(33-21)14-31-4)16-5-7-18(8-6-16)34(28,29)25(2)9-10-30-3/h5-8,11-12,15,26H,9-10,13-14H2,1-4H3,(H,23,24,27)/t15-,22?/m1/s1. The molecule has 12 heteroatoms. The van der Waals surface area contributed by atoms with Crippen molar-refractivity contribution in [2.45, 2.75) is 29.9 Å². The Morgan fingerprint density at radius 3 is 2.59 bits per heavy atom. The van der Waals surface area contributed by atoms with Gasteiger partial charge in [0, 0.05) is 34.0 Å². The Labute approximate surface area is 203 Å². The number of nitrogens with one attached hydrogen (secondary N) is 1. The van der Waals surface area contributed by atoms with Gasteiger partial charge in [-0.3, -0.25) is 4.79 Å². The molecule has 1 heterocycles. The number of thiazole rings is 1. The first-order valence-electron chi connectivity index (χ1n) is 10.5. The molecule has 0 spiro atoms. The van der Waals surface area contributed by atoms with Crippen LogP contribution in [0, 0.1) is 0 Å². The fraction of sp³-hybridized carbons (Fsp3) is 0.455. The number of rotatable bonds is 13. The molecular formula is C22H29N3O7S2. The van der Waals surface area contributed by atoms with Gasteiger partial charge >= 0.3 is 0 Å². The van der Waals surface area contributed by atoms with E-state index in [2.05, 4.69) is 10.3 Å². The minimum absolute atomic E-state index is 0.0985. The zero-order chi connectivity index (χ0) is 24.9. The molecule has 2 atom stereocenters. The van der Waals surface area contributed by atoms with Gasteiger partial charge in [-0.2, -0.15) is 4.31 Å². The molecular weight excluding hydrogens is 482 g/mol. The van der Waals surface area contributed by atoms with Crippen molar-refractivity contribution in [2.24, 2.45) is 0 Å². The molecule has 1 aromatic carbocycles. The first-order valence-corrected chi connectivity index (χ1v) is 12.8. The average Bonchev–Trinajstić information content (AvgIpc) is 3.38. The Balaban J connectivity index is 1.85. The number of aromatic nitrogens is 1. The fourth-order valence-corrected chi connectivity index (χ4v) is 5.19. The Morgan fingerprint density at radius 2 is 1.97 bits per heavy atom. The number of likely N-dealkylation sites (N-methyl/N-ethyl adjacent to an activating group) is 1. The maximum atomic E-state index is 13.3. The van der Waals surface area contributed by atoms with Crippen LogP contribution in [-0.2, 0) is 41.1 Å². The Kier molecular flexibility index (Phi) is 8.44. The molecule has 34 heavy (non-hydrogen) atoms. The SMILES string of the molecule is COCCN(C)S(=O)(=O)c1ccc(C2(C(=O)Nc3ncc(COC)s3)C=C2O[C@H](C)CO)cc1. The summed E-state index contributed by atoms with van der Waals surface area (Å²) in [5, 5.41) is 12.6. The summed E-state index contributed by atoms with van der Waals surface area (Å²) in [4.78, 5) is 18.5. The maximum Gasteiger partial charge on any atom is 0.248 e. The lowest BCUT2D eigenvalue weighted by Crippen LogP contribution is -2.33. The molecule has 10 nitrogen and oxygen atoms in total. The van der Waals surface area contributed by atoms with Crippen molar-refractivity contribution < 1.29 is 32.5 Å². The Morgan fingerprint density at radius 1 is 1.26 bits per heavy atom. The van der Waals surface area contributed by atoms with Gasteiger partial charge in [-0.15, -0.1) is 0 Å². The van der Waals surface area contributed by atoms with E-state index < -0.39 is 27.4 Å². The lowest BCUT2D eigenvalue weighted by Gasteiger charge is -2.21. The third kappa shape index (κ3) is 5.48. The molecule has 1 aliphatic rings. The summed E-state index contributed by atoms with van der Waals surface area (Å²) < 4.78 is 42.6. The predicted molar refractivity (Wildman–Crippen MR) is 127 cm³/mol. The first kappa shape index (κ1) is 26.3. The van der Waals surface area contributed by atoms with E-state index in [0.717, 1.165) is 4.88 Å². The molecule has 2 aromatic rings. The van der Waals surface area contributed by atoms with Gasteiger partial charge in [-0.05, 0) is 30.7 Å². The highest BCUT2D eigenvalue weighted by atomic mass is 32.2. The first-order chi connectivity index (χ1) is 16.2. The summed E-state index contributed by atoms with van der Waals surface area (Å²) in [6, 6.07) is 6.10. The van der Waals surface area contributed by atoms with Crippen molar-refractivity contribution >= 4 is 32.4 Å². The van der Waals surface area contributed by atoms with E-state index in [0.29, 0.717) is 23.1 Å². The molecule has 0 saturated heterocycles. The molecule has 1 unspecified atom stereocenters. The monoisotopic (exact) mass is 511 g/mol. The molecule has 3 rings (SSSR count). The molecule has 2 N–H and O–H groups in total. The van der Waals surface area contributed by atoms with Crippen LogP contribution in [0.3, 0.4) is 0 Å². The number of aliphatic hydroxyl groups excluding tert-OH is 1. The fourth-order valence-electron chi connectivity index (χ4n) is 3.26. The van der Waals surface area contributed by atoms with E-state index in [1.54, 1.807) is 38.4 Å². The third-order valence-corrected chi connectivity index (χ3v) is 8.04. The lowest BCUT2D eigenvalue weighted by atomic mass is 9.92. The van der Waals surface area contributed by atoms with Gasteiger partial charge in [0.25, 0.3) is 0 Å². The van der Waals surface area contributed by atoms with Crippen LogP contribution in [-0.4, -0.2) is 75.9 Å². The number of methoxy groups -OCH3 is 2. The van der Waals surface area contributed by atoms with Gasteiger partial charge in [-0.1, -0.05) is 23.5 Å². The molecule has 0 bridgehead atoms. The summed E-state index contributed by atoms with van der Waals surface area (Å²) in [7, 11) is 0.849. The number of nitrogens with zero attached hydrogens (tertiary/aromatic N) is 2. The zero-order valence-electron chi connectivity index (χ0n) is 19.5. The summed E-state index contributed by atoms with van der Waals surface area (Å²) >= 11 is 1.29. The molecule has 1 aromatic heterocycles. The predicted octanol–water partition coefficient (Wildman–Crippen LogP) is 1.73. The normalized spacial score (nSPS) is 18.5. The average molecular weight is 512 g/mol. The quantitative estimate of drug-likeness (QED) is 0.416. The van der Waals surface area contributed by atoms with Crippen molar-refractivity contribution in [3.05, 3.63) is 52.7 Å². The van der Waals surface area contributed by atoms with Gasteiger partial charge in [0.2, 0.25) is 15.9 Å². The minimum atomic E-state index is -3.71. The highest BCUT2D eigenvalue weighted by Gasteiger charge is 2.55. The van der Waals surface area contributed by atoms with Crippen molar-refractivity contribution in [2.75, 3.05) is 46.3 Å². The molecule has 0 aliphatic heterocycles.